The minimum Gasteiger partial charge on any atom is -0.497 e. The van der Waals surface area contributed by atoms with Gasteiger partial charge in [0.1, 0.15) is 23.9 Å². The van der Waals surface area contributed by atoms with Crippen LogP contribution in [-0.4, -0.2) is 45.0 Å². The summed E-state index contributed by atoms with van der Waals surface area (Å²) in [6.07, 6.45) is 2.98. The van der Waals surface area contributed by atoms with Gasteiger partial charge in [0.05, 0.1) is 12.7 Å². The molecule has 0 fully saturated rings. The molecule has 132 valence electrons. The maximum Gasteiger partial charge on any atom is 0.188 e. The van der Waals surface area contributed by atoms with Gasteiger partial charge in [0.15, 0.2) is 5.78 Å². The number of halogens is 1. The minimum atomic E-state index is -0.607. The Morgan fingerprint density at radius 3 is 2.64 bits per heavy atom. The van der Waals surface area contributed by atoms with Crippen LogP contribution < -0.4 is 9.47 Å². The largest absolute Gasteiger partial charge is 0.497 e. The Morgan fingerprint density at radius 1 is 1.20 bits per heavy atom. The van der Waals surface area contributed by atoms with Crippen LogP contribution in [0.25, 0.3) is 6.08 Å². The number of benzene rings is 2. The molecule has 4 nitrogen and oxygen atoms in total. The maximum absolute atomic E-state index is 14.0. The van der Waals surface area contributed by atoms with Crippen molar-refractivity contribution in [1.29, 1.82) is 0 Å². The Bertz CT molecular complexity index is 756. The Kier molecular flexibility index (Phi) is 6.71. The molecule has 2 rings (SSSR count). The lowest BCUT2D eigenvalue weighted by Crippen LogP contribution is -2.19. The fourth-order valence-corrected chi connectivity index (χ4v) is 2.17. The second-order valence-corrected chi connectivity index (χ2v) is 5.73. The van der Waals surface area contributed by atoms with E-state index in [1.54, 1.807) is 12.1 Å². The molecule has 0 amide bonds. The third-order valence-electron chi connectivity index (χ3n) is 3.57. The minimum absolute atomic E-state index is 0.00283. The zero-order chi connectivity index (χ0) is 18.2. The van der Waals surface area contributed by atoms with Crippen molar-refractivity contribution in [1.82, 2.24) is 4.90 Å². The number of ketones is 1. The SMILES string of the molecule is COc1ccc(C(=O)/C=C/c2ccccc2OCCN(C)C)c(F)c1. The molecule has 0 N–H and O–H groups in total. The van der Waals surface area contributed by atoms with Gasteiger partial charge in [-0.3, -0.25) is 4.79 Å². The van der Waals surface area contributed by atoms with E-state index < -0.39 is 11.6 Å². The molecule has 2 aromatic rings. The van der Waals surface area contributed by atoms with Gasteiger partial charge in [0.25, 0.3) is 0 Å². The molecule has 0 unspecified atom stereocenters. The molecule has 0 atom stereocenters. The molecule has 5 heteroatoms. The second kappa shape index (κ2) is 8.99. The van der Waals surface area contributed by atoms with Gasteiger partial charge in [-0.1, -0.05) is 18.2 Å². The average Bonchev–Trinajstić information content (AvgIpc) is 2.60. The summed E-state index contributed by atoms with van der Waals surface area (Å²) in [6.45, 7) is 1.33. The van der Waals surface area contributed by atoms with E-state index in [0.29, 0.717) is 18.1 Å². The fourth-order valence-electron chi connectivity index (χ4n) is 2.17. The second-order valence-electron chi connectivity index (χ2n) is 5.73. The molecular formula is C20H22FNO3. The standard InChI is InChI=1S/C20H22FNO3/c1-22(2)12-13-25-20-7-5-4-6-15(20)8-11-19(23)17-10-9-16(24-3)14-18(17)21/h4-11,14H,12-13H2,1-3H3/b11-8+. The van der Waals surface area contributed by atoms with Crippen LogP contribution in [0.5, 0.6) is 11.5 Å². The Labute approximate surface area is 147 Å². The first-order chi connectivity index (χ1) is 12.0. The van der Waals surface area contributed by atoms with Crippen LogP contribution in [0.3, 0.4) is 0 Å². The molecule has 0 saturated heterocycles. The summed E-state index contributed by atoms with van der Waals surface area (Å²) in [5, 5.41) is 0. The third kappa shape index (κ3) is 5.43. The number of carbonyl (C=O) groups excluding carboxylic acids is 1. The quantitative estimate of drug-likeness (QED) is 0.541. The number of methoxy groups -OCH3 is 1. The van der Waals surface area contributed by atoms with Crippen molar-refractivity contribution in [2.45, 2.75) is 0 Å². The molecule has 0 heterocycles. The van der Waals surface area contributed by atoms with Crippen molar-refractivity contribution in [3.63, 3.8) is 0 Å². The molecule has 0 spiro atoms. The van der Waals surface area contributed by atoms with Crippen LogP contribution in [0.4, 0.5) is 4.39 Å². The topological polar surface area (TPSA) is 38.8 Å². The molecule has 0 aliphatic heterocycles. The van der Waals surface area contributed by atoms with Crippen LogP contribution in [-0.2, 0) is 0 Å². The molecule has 2 aromatic carbocycles. The lowest BCUT2D eigenvalue weighted by atomic mass is 10.1. The molecule has 0 aliphatic rings. The highest BCUT2D eigenvalue weighted by atomic mass is 19.1. The van der Waals surface area contributed by atoms with Gasteiger partial charge in [-0.25, -0.2) is 4.39 Å². The number of hydrogen-bond acceptors (Lipinski definition) is 4. The van der Waals surface area contributed by atoms with Crippen LogP contribution in [0.1, 0.15) is 15.9 Å². The number of likely N-dealkylation sites (N-methyl/N-ethyl adjacent to an activating group) is 1. The van der Waals surface area contributed by atoms with Gasteiger partial charge in [-0.05, 0) is 44.4 Å². The molecule has 0 aromatic heterocycles. The average molecular weight is 343 g/mol. The summed E-state index contributed by atoms with van der Waals surface area (Å²) in [5.74, 6) is 0.0361. The van der Waals surface area contributed by atoms with E-state index in [1.807, 2.05) is 43.3 Å². The number of carbonyl (C=O) groups is 1. The number of para-hydroxylation sites is 1. The summed E-state index contributed by atoms with van der Waals surface area (Å²) in [4.78, 5) is 14.3. The van der Waals surface area contributed by atoms with E-state index >= 15 is 0 Å². The van der Waals surface area contributed by atoms with Gasteiger partial charge in [-0.2, -0.15) is 0 Å². The first kappa shape index (κ1) is 18.7. The van der Waals surface area contributed by atoms with Crippen molar-refractivity contribution in [3.8, 4) is 11.5 Å². The van der Waals surface area contributed by atoms with Gasteiger partial charge in [0.2, 0.25) is 0 Å². The van der Waals surface area contributed by atoms with E-state index in [1.165, 1.54) is 25.3 Å². The molecule has 25 heavy (non-hydrogen) atoms. The predicted molar refractivity (Wildman–Crippen MR) is 96.8 cm³/mol. The van der Waals surface area contributed by atoms with Gasteiger partial charge in [-0.15, -0.1) is 0 Å². The number of ether oxygens (including phenoxy) is 2. The summed E-state index contributed by atoms with van der Waals surface area (Å²) in [6, 6.07) is 11.6. The van der Waals surface area contributed by atoms with Gasteiger partial charge >= 0.3 is 0 Å². The number of rotatable bonds is 8. The predicted octanol–water partition coefficient (Wildman–Crippen LogP) is 3.67. The molecule has 0 radical (unpaired) electrons. The van der Waals surface area contributed by atoms with Gasteiger partial charge in [0, 0.05) is 18.2 Å². The van der Waals surface area contributed by atoms with Crippen molar-refractivity contribution >= 4 is 11.9 Å². The number of allylic oxidation sites excluding steroid dienone is 1. The highest BCUT2D eigenvalue weighted by Crippen LogP contribution is 2.21. The van der Waals surface area contributed by atoms with E-state index in [4.69, 9.17) is 9.47 Å². The summed E-state index contributed by atoms with van der Waals surface area (Å²) in [5.41, 5.74) is 0.770. The van der Waals surface area contributed by atoms with Crippen LogP contribution >= 0.6 is 0 Å². The Hall–Kier alpha value is -2.66. The molecule has 0 aliphatic carbocycles. The summed E-state index contributed by atoms with van der Waals surface area (Å²) >= 11 is 0. The lowest BCUT2D eigenvalue weighted by molar-refractivity contribution is 0.104. The van der Waals surface area contributed by atoms with Crippen molar-refractivity contribution in [3.05, 3.63) is 65.5 Å². The van der Waals surface area contributed by atoms with E-state index in [0.717, 1.165) is 12.1 Å². The van der Waals surface area contributed by atoms with Crippen LogP contribution in [0, 0.1) is 5.82 Å². The van der Waals surface area contributed by atoms with E-state index in [2.05, 4.69) is 0 Å². The van der Waals surface area contributed by atoms with Crippen LogP contribution in [0.15, 0.2) is 48.5 Å². The zero-order valence-electron chi connectivity index (χ0n) is 14.7. The molecule has 0 saturated carbocycles. The first-order valence-corrected chi connectivity index (χ1v) is 7.94. The highest BCUT2D eigenvalue weighted by molar-refractivity contribution is 6.07. The van der Waals surface area contributed by atoms with Crippen molar-refractivity contribution < 1.29 is 18.7 Å². The molecule has 0 bridgehead atoms. The number of hydrogen-bond donors (Lipinski definition) is 0. The zero-order valence-corrected chi connectivity index (χ0v) is 14.7. The smallest absolute Gasteiger partial charge is 0.188 e. The fraction of sp³-hybridized carbons (Fsp3) is 0.250. The van der Waals surface area contributed by atoms with Crippen molar-refractivity contribution in [2.75, 3.05) is 34.4 Å². The highest BCUT2D eigenvalue weighted by Gasteiger charge is 2.10. The lowest BCUT2D eigenvalue weighted by Gasteiger charge is -2.12. The number of nitrogens with zero attached hydrogens (tertiary/aromatic N) is 1. The van der Waals surface area contributed by atoms with E-state index in [-0.39, 0.29) is 5.56 Å². The monoisotopic (exact) mass is 343 g/mol. The van der Waals surface area contributed by atoms with Gasteiger partial charge < -0.3 is 14.4 Å². The Morgan fingerprint density at radius 2 is 1.96 bits per heavy atom. The van der Waals surface area contributed by atoms with Crippen LogP contribution in [0.2, 0.25) is 0 Å². The summed E-state index contributed by atoms with van der Waals surface area (Å²) < 4.78 is 24.7. The maximum atomic E-state index is 14.0. The first-order valence-electron chi connectivity index (χ1n) is 7.94. The normalized spacial score (nSPS) is 11.1. The van der Waals surface area contributed by atoms with E-state index in [9.17, 15) is 9.18 Å². The Balaban J connectivity index is 2.12. The van der Waals surface area contributed by atoms with Crippen molar-refractivity contribution in [2.24, 2.45) is 0 Å². The third-order valence-corrected chi connectivity index (χ3v) is 3.57. The molecular weight excluding hydrogens is 321 g/mol. The summed E-state index contributed by atoms with van der Waals surface area (Å²) in [7, 11) is 5.39.